The predicted octanol–water partition coefficient (Wildman–Crippen LogP) is 5.18. The number of nitrogens with one attached hydrogen (secondary N) is 2. The van der Waals surface area contributed by atoms with Crippen molar-refractivity contribution in [2.75, 3.05) is 23.8 Å². The Morgan fingerprint density at radius 3 is 2.63 bits per heavy atom. The number of hydrogen-bond acceptors (Lipinski definition) is 8. The summed E-state index contributed by atoms with van der Waals surface area (Å²) < 4.78 is 24.7. The van der Waals surface area contributed by atoms with Gasteiger partial charge in [0.15, 0.2) is 5.82 Å². The summed E-state index contributed by atoms with van der Waals surface area (Å²) >= 11 is 0. The van der Waals surface area contributed by atoms with E-state index in [4.69, 9.17) is 19.2 Å². The molecule has 2 atom stereocenters. The van der Waals surface area contributed by atoms with Crippen LogP contribution in [0.15, 0.2) is 53.1 Å². The van der Waals surface area contributed by atoms with Gasteiger partial charge in [-0.2, -0.15) is 9.97 Å². The molecule has 9 heteroatoms. The monoisotopic (exact) mass is 476 g/mol. The van der Waals surface area contributed by atoms with Crippen molar-refractivity contribution in [3.8, 4) is 0 Å². The third kappa shape index (κ3) is 5.24. The Balaban J connectivity index is 1.35. The Bertz CT molecular complexity index is 1310. The third-order valence-electron chi connectivity index (χ3n) is 6.26. The van der Waals surface area contributed by atoms with Crippen LogP contribution in [0.1, 0.15) is 50.1 Å². The third-order valence-corrected chi connectivity index (χ3v) is 6.26. The first-order valence-corrected chi connectivity index (χ1v) is 11.8. The number of ether oxygens (including phenoxy) is 1. The number of nitrogens with zero attached hydrogens (tertiary/aromatic N) is 4. The van der Waals surface area contributed by atoms with Crippen molar-refractivity contribution in [2.24, 2.45) is 0 Å². The molecule has 4 aromatic rings. The van der Waals surface area contributed by atoms with Gasteiger partial charge in [-0.25, -0.2) is 9.37 Å². The van der Waals surface area contributed by atoms with Gasteiger partial charge in [0.1, 0.15) is 11.6 Å². The molecule has 0 radical (unpaired) electrons. The normalized spacial score (nSPS) is 18.5. The summed E-state index contributed by atoms with van der Waals surface area (Å²) in [5.41, 5.74) is 1.43. The van der Waals surface area contributed by atoms with Crippen molar-refractivity contribution in [3.05, 3.63) is 71.6 Å². The molecule has 2 aromatic heterocycles. The van der Waals surface area contributed by atoms with Gasteiger partial charge in [-0.3, -0.25) is 0 Å². The summed E-state index contributed by atoms with van der Waals surface area (Å²) in [5.74, 6) is 2.23. The summed E-state index contributed by atoms with van der Waals surface area (Å²) in [4.78, 5) is 13.9. The number of fused-ring (bicyclic) bond motifs is 1. The summed E-state index contributed by atoms with van der Waals surface area (Å²) in [6.07, 6.45) is 1.52. The lowest BCUT2D eigenvalue weighted by molar-refractivity contribution is 0.00973. The summed E-state index contributed by atoms with van der Waals surface area (Å²) in [6, 6.07) is 14.6. The average molecular weight is 477 g/mol. The molecular formula is C26H29FN6O2. The fourth-order valence-corrected chi connectivity index (χ4v) is 4.24. The van der Waals surface area contributed by atoms with Gasteiger partial charge in [0.05, 0.1) is 17.0 Å². The molecule has 35 heavy (non-hydrogen) atoms. The van der Waals surface area contributed by atoms with E-state index in [0.29, 0.717) is 30.8 Å². The smallest absolute Gasteiger partial charge is 0.234 e. The summed E-state index contributed by atoms with van der Waals surface area (Å²) in [7, 11) is 0. The second kappa shape index (κ2) is 9.58. The molecule has 0 spiro atoms. The molecule has 1 fully saturated rings. The van der Waals surface area contributed by atoms with Crippen LogP contribution in [0.25, 0.3) is 10.9 Å². The Kier molecular flexibility index (Phi) is 6.34. The largest absolute Gasteiger partial charge is 0.373 e. The van der Waals surface area contributed by atoms with Crippen molar-refractivity contribution >= 4 is 22.7 Å². The fraction of sp³-hybridized carbons (Fsp3) is 0.385. The van der Waals surface area contributed by atoms with Gasteiger partial charge in [0.2, 0.25) is 11.8 Å². The van der Waals surface area contributed by atoms with Gasteiger partial charge in [0.25, 0.3) is 0 Å². The summed E-state index contributed by atoms with van der Waals surface area (Å²) in [6.45, 7) is 7.01. The second-order valence-corrected chi connectivity index (χ2v) is 9.57. The molecule has 5 rings (SSSR count). The molecule has 2 aromatic carbocycles. The van der Waals surface area contributed by atoms with Crippen LogP contribution >= 0.6 is 0 Å². The van der Waals surface area contributed by atoms with Crippen molar-refractivity contribution < 1.29 is 13.7 Å². The van der Waals surface area contributed by atoms with Crippen molar-refractivity contribution in [2.45, 2.75) is 51.2 Å². The Labute approximate surface area is 203 Å². The molecule has 182 valence electrons. The lowest BCUT2D eigenvalue weighted by Gasteiger charge is -2.31. The highest BCUT2D eigenvalue weighted by molar-refractivity contribution is 5.90. The van der Waals surface area contributed by atoms with E-state index in [-0.39, 0.29) is 18.0 Å². The number of aromatic nitrogens is 4. The van der Waals surface area contributed by atoms with E-state index in [0.717, 1.165) is 35.1 Å². The highest BCUT2D eigenvalue weighted by atomic mass is 19.1. The molecule has 0 bridgehead atoms. The van der Waals surface area contributed by atoms with E-state index in [1.165, 1.54) is 12.1 Å². The van der Waals surface area contributed by atoms with E-state index in [1.807, 2.05) is 38.1 Å². The van der Waals surface area contributed by atoms with Gasteiger partial charge < -0.3 is 19.9 Å². The van der Waals surface area contributed by atoms with Gasteiger partial charge in [-0.1, -0.05) is 29.4 Å². The molecule has 1 aliphatic rings. The molecular weight excluding hydrogens is 447 g/mol. The van der Waals surface area contributed by atoms with E-state index in [2.05, 4.69) is 20.8 Å². The maximum absolute atomic E-state index is 13.4. The minimum atomic E-state index is -0.396. The predicted molar refractivity (Wildman–Crippen MR) is 132 cm³/mol. The molecule has 0 amide bonds. The van der Waals surface area contributed by atoms with Crippen LogP contribution in [-0.2, 0) is 10.2 Å². The molecule has 0 saturated carbocycles. The van der Waals surface area contributed by atoms with Crippen LogP contribution in [0.4, 0.5) is 16.2 Å². The zero-order valence-electron chi connectivity index (χ0n) is 20.1. The highest BCUT2D eigenvalue weighted by Gasteiger charge is 2.28. The van der Waals surface area contributed by atoms with E-state index < -0.39 is 5.41 Å². The van der Waals surface area contributed by atoms with E-state index in [1.54, 1.807) is 19.1 Å². The Morgan fingerprint density at radius 2 is 1.86 bits per heavy atom. The quantitative estimate of drug-likeness (QED) is 0.376. The van der Waals surface area contributed by atoms with Gasteiger partial charge in [-0.15, -0.1) is 0 Å². The maximum Gasteiger partial charge on any atom is 0.234 e. The summed E-state index contributed by atoms with van der Waals surface area (Å²) in [5, 5.41) is 11.8. The van der Waals surface area contributed by atoms with Crippen LogP contribution in [0.2, 0.25) is 0 Å². The minimum Gasteiger partial charge on any atom is -0.373 e. The molecule has 2 N–H and O–H groups in total. The standard InChI is InChI=1S/C26H29FN6O2/c1-16-29-24(35-33-16)26(2,3)15-28-25-31-21-7-5-4-6-20(21)23(32-25)30-19-12-13-34-22(14-19)17-8-10-18(27)11-9-17/h4-11,19,22H,12-15H2,1-3H3,(H2,28,30,31,32). The lowest BCUT2D eigenvalue weighted by Crippen LogP contribution is -2.31. The number of aryl methyl sites for hydroxylation is 1. The SMILES string of the molecule is Cc1noc(C(C)(C)CNc2nc(NC3CCOC(c4ccc(F)cc4)C3)c3ccccc3n2)n1. The zero-order chi connectivity index (χ0) is 24.4. The van der Waals surface area contributed by atoms with E-state index >= 15 is 0 Å². The molecule has 1 aliphatic heterocycles. The van der Waals surface area contributed by atoms with Crippen LogP contribution in [0.5, 0.6) is 0 Å². The first-order valence-electron chi connectivity index (χ1n) is 11.8. The zero-order valence-corrected chi connectivity index (χ0v) is 20.1. The molecule has 0 aliphatic carbocycles. The van der Waals surface area contributed by atoms with Gasteiger partial charge in [0, 0.05) is 24.6 Å². The molecule has 1 saturated heterocycles. The Morgan fingerprint density at radius 1 is 1.06 bits per heavy atom. The van der Waals surface area contributed by atoms with E-state index in [9.17, 15) is 4.39 Å². The average Bonchev–Trinajstić information content (AvgIpc) is 3.31. The first kappa shape index (κ1) is 23.2. The lowest BCUT2D eigenvalue weighted by atomic mass is 9.93. The Hall–Kier alpha value is -3.59. The first-order chi connectivity index (χ1) is 16.9. The number of anilines is 2. The highest BCUT2D eigenvalue weighted by Crippen LogP contribution is 2.31. The van der Waals surface area contributed by atoms with Gasteiger partial charge in [-0.05, 0) is 63.4 Å². The fourth-order valence-electron chi connectivity index (χ4n) is 4.24. The minimum absolute atomic E-state index is 0.0915. The second-order valence-electron chi connectivity index (χ2n) is 9.57. The molecule has 8 nitrogen and oxygen atoms in total. The van der Waals surface area contributed by atoms with Crippen molar-refractivity contribution in [1.29, 1.82) is 0 Å². The van der Waals surface area contributed by atoms with Crippen molar-refractivity contribution in [1.82, 2.24) is 20.1 Å². The molecule has 2 unspecified atom stereocenters. The number of halogens is 1. The molecule has 3 heterocycles. The van der Waals surface area contributed by atoms with Crippen LogP contribution in [0.3, 0.4) is 0 Å². The topological polar surface area (TPSA) is 98.0 Å². The number of benzene rings is 2. The number of para-hydroxylation sites is 1. The number of rotatable bonds is 7. The van der Waals surface area contributed by atoms with Crippen LogP contribution in [-0.4, -0.2) is 39.3 Å². The maximum atomic E-state index is 13.4. The number of hydrogen-bond donors (Lipinski definition) is 2. The van der Waals surface area contributed by atoms with Crippen molar-refractivity contribution in [3.63, 3.8) is 0 Å². The van der Waals surface area contributed by atoms with Crippen LogP contribution in [0, 0.1) is 12.7 Å². The van der Waals surface area contributed by atoms with Crippen LogP contribution < -0.4 is 10.6 Å². The van der Waals surface area contributed by atoms with Gasteiger partial charge >= 0.3 is 0 Å².